The SMILES string of the molecule is NC(=O)c1cc(Nc2ccccc2Br)ccc1N. The molecule has 18 heavy (non-hydrogen) atoms. The summed E-state index contributed by atoms with van der Waals surface area (Å²) in [6.07, 6.45) is 0. The van der Waals surface area contributed by atoms with Crippen molar-refractivity contribution in [1.82, 2.24) is 0 Å². The van der Waals surface area contributed by atoms with E-state index in [1.165, 1.54) is 0 Å². The van der Waals surface area contributed by atoms with Crippen molar-refractivity contribution in [1.29, 1.82) is 0 Å². The van der Waals surface area contributed by atoms with Crippen LogP contribution in [0.25, 0.3) is 0 Å². The number of nitrogens with one attached hydrogen (secondary N) is 1. The molecule has 0 atom stereocenters. The lowest BCUT2D eigenvalue weighted by Crippen LogP contribution is -2.13. The van der Waals surface area contributed by atoms with Crippen LogP contribution < -0.4 is 16.8 Å². The first-order valence-corrected chi connectivity index (χ1v) is 6.08. The van der Waals surface area contributed by atoms with E-state index in [0.717, 1.165) is 15.8 Å². The Kier molecular flexibility index (Phi) is 3.53. The minimum atomic E-state index is -0.539. The number of para-hydroxylation sites is 1. The first-order chi connectivity index (χ1) is 8.58. The number of primary amides is 1. The van der Waals surface area contributed by atoms with Gasteiger partial charge >= 0.3 is 0 Å². The van der Waals surface area contributed by atoms with Crippen molar-refractivity contribution in [3.63, 3.8) is 0 Å². The molecule has 2 aromatic rings. The van der Waals surface area contributed by atoms with Gasteiger partial charge in [0.05, 0.1) is 11.3 Å². The molecule has 0 unspecified atom stereocenters. The lowest BCUT2D eigenvalue weighted by molar-refractivity contribution is 0.100. The van der Waals surface area contributed by atoms with Crippen molar-refractivity contribution < 1.29 is 4.79 Å². The van der Waals surface area contributed by atoms with E-state index < -0.39 is 5.91 Å². The standard InChI is InChI=1S/C13H12BrN3O/c14-10-3-1-2-4-12(10)17-8-5-6-11(15)9(7-8)13(16)18/h1-7,17H,15H2,(H2,16,18). The van der Waals surface area contributed by atoms with E-state index >= 15 is 0 Å². The van der Waals surface area contributed by atoms with Crippen LogP contribution in [0.3, 0.4) is 0 Å². The maximum atomic E-state index is 11.2. The van der Waals surface area contributed by atoms with E-state index in [9.17, 15) is 4.79 Å². The first kappa shape index (κ1) is 12.4. The number of amides is 1. The average Bonchev–Trinajstić information content (AvgIpc) is 2.34. The van der Waals surface area contributed by atoms with Crippen molar-refractivity contribution in [2.24, 2.45) is 5.73 Å². The Morgan fingerprint density at radius 2 is 1.89 bits per heavy atom. The molecule has 0 radical (unpaired) electrons. The second-order valence-corrected chi connectivity index (χ2v) is 4.63. The van der Waals surface area contributed by atoms with Gasteiger partial charge in [0, 0.05) is 15.8 Å². The highest BCUT2D eigenvalue weighted by atomic mass is 79.9. The largest absolute Gasteiger partial charge is 0.398 e. The molecule has 0 aliphatic rings. The summed E-state index contributed by atoms with van der Waals surface area (Å²) >= 11 is 3.44. The Labute approximate surface area is 113 Å². The maximum Gasteiger partial charge on any atom is 0.250 e. The molecule has 0 aromatic heterocycles. The molecule has 92 valence electrons. The van der Waals surface area contributed by atoms with Crippen molar-refractivity contribution in [3.05, 3.63) is 52.5 Å². The predicted octanol–water partition coefficient (Wildman–Crippen LogP) is 2.87. The molecular weight excluding hydrogens is 294 g/mol. The van der Waals surface area contributed by atoms with Gasteiger partial charge in [-0.05, 0) is 46.3 Å². The molecule has 0 bridgehead atoms. The Balaban J connectivity index is 2.33. The minimum absolute atomic E-state index is 0.312. The molecule has 0 aliphatic carbocycles. The number of carbonyl (C=O) groups is 1. The number of anilines is 3. The van der Waals surface area contributed by atoms with Gasteiger partial charge in [-0.3, -0.25) is 4.79 Å². The van der Waals surface area contributed by atoms with Crippen molar-refractivity contribution in [2.45, 2.75) is 0 Å². The lowest BCUT2D eigenvalue weighted by Gasteiger charge is -2.10. The zero-order chi connectivity index (χ0) is 13.1. The van der Waals surface area contributed by atoms with Crippen molar-refractivity contribution in [2.75, 3.05) is 11.1 Å². The Morgan fingerprint density at radius 1 is 1.17 bits per heavy atom. The first-order valence-electron chi connectivity index (χ1n) is 5.29. The minimum Gasteiger partial charge on any atom is -0.398 e. The van der Waals surface area contributed by atoms with Gasteiger partial charge in [-0.25, -0.2) is 0 Å². The number of nitrogen functional groups attached to an aromatic ring is 1. The molecule has 2 rings (SSSR count). The fourth-order valence-electron chi connectivity index (χ4n) is 1.57. The molecule has 2 aromatic carbocycles. The van der Waals surface area contributed by atoms with Crippen LogP contribution in [0.4, 0.5) is 17.1 Å². The summed E-state index contributed by atoms with van der Waals surface area (Å²) in [6.45, 7) is 0. The molecule has 0 saturated heterocycles. The molecule has 0 fully saturated rings. The maximum absolute atomic E-state index is 11.2. The molecule has 0 spiro atoms. The molecule has 0 aliphatic heterocycles. The topological polar surface area (TPSA) is 81.1 Å². The van der Waals surface area contributed by atoms with Gasteiger partial charge in [0.2, 0.25) is 0 Å². The second-order valence-electron chi connectivity index (χ2n) is 3.77. The van der Waals surface area contributed by atoms with E-state index in [1.807, 2.05) is 24.3 Å². The highest BCUT2D eigenvalue weighted by Crippen LogP contribution is 2.26. The van der Waals surface area contributed by atoms with Crippen LogP contribution in [-0.2, 0) is 0 Å². The van der Waals surface area contributed by atoms with Crippen LogP contribution in [0, 0.1) is 0 Å². The summed E-state index contributed by atoms with van der Waals surface area (Å²) in [4.78, 5) is 11.2. The van der Waals surface area contributed by atoms with E-state index in [4.69, 9.17) is 11.5 Å². The monoisotopic (exact) mass is 305 g/mol. The number of hydrogen-bond donors (Lipinski definition) is 3. The summed E-state index contributed by atoms with van der Waals surface area (Å²) in [7, 11) is 0. The highest BCUT2D eigenvalue weighted by molar-refractivity contribution is 9.10. The van der Waals surface area contributed by atoms with Gasteiger partial charge in [0.15, 0.2) is 0 Å². The molecule has 1 amide bonds. The molecular formula is C13H12BrN3O. The third-order valence-corrected chi connectivity index (χ3v) is 3.16. The molecule has 0 heterocycles. The average molecular weight is 306 g/mol. The number of nitrogens with two attached hydrogens (primary N) is 2. The van der Waals surface area contributed by atoms with Crippen molar-refractivity contribution >= 4 is 38.9 Å². The van der Waals surface area contributed by atoms with E-state index in [2.05, 4.69) is 21.2 Å². The molecule has 5 heteroatoms. The number of benzene rings is 2. The summed E-state index contributed by atoms with van der Waals surface area (Å²) < 4.78 is 0.933. The molecule has 5 N–H and O–H groups in total. The summed E-state index contributed by atoms with van der Waals surface area (Å²) in [5.74, 6) is -0.539. The smallest absolute Gasteiger partial charge is 0.250 e. The number of halogens is 1. The van der Waals surface area contributed by atoms with Gasteiger partial charge in [-0.2, -0.15) is 0 Å². The molecule has 4 nitrogen and oxygen atoms in total. The summed E-state index contributed by atoms with van der Waals surface area (Å²) in [5.41, 5.74) is 13.3. The van der Waals surface area contributed by atoms with Crippen molar-refractivity contribution in [3.8, 4) is 0 Å². The Bertz CT molecular complexity index is 599. The fourth-order valence-corrected chi connectivity index (χ4v) is 1.95. The second kappa shape index (κ2) is 5.10. The summed E-state index contributed by atoms with van der Waals surface area (Å²) in [6, 6.07) is 12.8. The summed E-state index contributed by atoms with van der Waals surface area (Å²) in [5, 5.41) is 3.18. The lowest BCUT2D eigenvalue weighted by atomic mass is 10.1. The van der Waals surface area contributed by atoms with Crippen LogP contribution >= 0.6 is 15.9 Å². The van der Waals surface area contributed by atoms with E-state index in [1.54, 1.807) is 18.2 Å². The van der Waals surface area contributed by atoms with E-state index in [0.29, 0.717) is 11.3 Å². The van der Waals surface area contributed by atoms with Gasteiger partial charge in [-0.15, -0.1) is 0 Å². The zero-order valence-corrected chi connectivity index (χ0v) is 11.1. The Hall–Kier alpha value is -2.01. The fraction of sp³-hybridized carbons (Fsp3) is 0. The Morgan fingerprint density at radius 3 is 2.56 bits per heavy atom. The van der Waals surface area contributed by atoms with Gasteiger partial charge in [0.1, 0.15) is 0 Å². The van der Waals surface area contributed by atoms with Crippen LogP contribution in [0.1, 0.15) is 10.4 Å². The zero-order valence-electron chi connectivity index (χ0n) is 9.48. The normalized spacial score (nSPS) is 10.1. The van der Waals surface area contributed by atoms with Crippen LogP contribution in [0.15, 0.2) is 46.9 Å². The third kappa shape index (κ3) is 2.62. The quantitative estimate of drug-likeness (QED) is 0.763. The van der Waals surface area contributed by atoms with Gasteiger partial charge in [0.25, 0.3) is 5.91 Å². The highest BCUT2D eigenvalue weighted by Gasteiger charge is 2.07. The molecule has 0 saturated carbocycles. The van der Waals surface area contributed by atoms with Crippen LogP contribution in [0.5, 0.6) is 0 Å². The number of hydrogen-bond acceptors (Lipinski definition) is 3. The third-order valence-electron chi connectivity index (χ3n) is 2.47. The van der Waals surface area contributed by atoms with E-state index in [-0.39, 0.29) is 0 Å². The van der Waals surface area contributed by atoms with Gasteiger partial charge in [-0.1, -0.05) is 12.1 Å². The van der Waals surface area contributed by atoms with Crippen LogP contribution in [-0.4, -0.2) is 5.91 Å². The number of carbonyl (C=O) groups excluding carboxylic acids is 1. The van der Waals surface area contributed by atoms with Crippen LogP contribution in [0.2, 0.25) is 0 Å². The predicted molar refractivity (Wildman–Crippen MR) is 76.8 cm³/mol. The number of rotatable bonds is 3. The van der Waals surface area contributed by atoms with Gasteiger partial charge < -0.3 is 16.8 Å².